The van der Waals surface area contributed by atoms with Crippen molar-refractivity contribution in [3.05, 3.63) is 11.1 Å². The smallest absolute Gasteiger partial charge is 0.303 e. The summed E-state index contributed by atoms with van der Waals surface area (Å²) >= 11 is 0. The van der Waals surface area contributed by atoms with E-state index in [4.69, 9.17) is 10.5 Å². The Morgan fingerprint density at radius 2 is 2.18 bits per heavy atom. The lowest BCUT2D eigenvalue weighted by atomic mass is 9.88. The van der Waals surface area contributed by atoms with Crippen LogP contribution in [0.25, 0.3) is 5.41 Å². The van der Waals surface area contributed by atoms with Crippen molar-refractivity contribution in [2.75, 3.05) is 0 Å². The van der Waals surface area contributed by atoms with Gasteiger partial charge in [0.2, 0.25) is 0 Å². The maximum absolute atomic E-state index is 10.5. The minimum Gasteiger partial charge on any atom is -0.761 e. The molecule has 1 unspecified atom stereocenters. The van der Waals surface area contributed by atoms with Crippen LogP contribution in [0.5, 0.6) is 0 Å². The molecule has 0 saturated heterocycles. The van der Waals surface area contributed by atoms with Gasteiger partial charge in [-0.3, -0.25) is 15.0 Å². The van der Waals surface area contributed by atoms with Crippen molar-refractivity contribution in [3.63, 3.8) is 0 Å². The first kappa shape index (κ1) is 13.4. The molecule has 1 rings (SSSR count). The van der Waals surface area contributed by atoms with Crippen LogP contribution in [-0.4, -0.2) is 39.1 Å². The third-order valence-corrected chi connectivity index (χ3v) is 2.45. The van der Waals surface area contributed by atoms with E-state index in [1.165, 1.54) is 0 Å². The van der Waals surface area contributed by atoms with Crippen molar-refractivity contribution < 1.29 is 15.1 Å². The Morgan fingerprint density at radius 1 is 1.59 bits per heavy atom. The SMILES string of the molecule is CC(C)(C)C1=NC(CCC(=O)O)N(O)C1=C=[N-]. The van der Waals surface area contributed by atoms with E-state index in [0.717, 1.165) is 5.06 Å². The zero-order valence-corrected chi connectivity index (χ0v) is 10.1. The first-order valence-corrected chi connectivity index (χ1v) is 5.33. The molecule has 0 amide bonds. The number of carboxylic acid groups (broad SMARTS) is 1. The molecule has 0 spiro atoms. The van der Waals surface area contributed by atoms with Gasteiger partial charge in [-0.15, -0.1) is 0 Å². The van der Waals surface area contributed by atoms with Crippen molar-refractivity contribution >= 4 is 17.6 Å². The van der Waals surface area contributed by atoms with Gasteiger partial charge in [0.15, 0.2) is 0 Å². The van der Waals surface area contributed by atoms with E-state index in [0.29, 0.717) is 5.71 Å². The molecule has 0 aliphatic carbocycles. The first-order chi connectivity index (χ1) is 7.77. The number of hydrogen-bond donors (Lipinski definition) is 2. The Hall–Kier alpha value is -1.65. The van der Waals surface area contributed by atoms with Gasteiger partial charge in [0.25, 0.3) is 0 Å². The largest absolute Gasteiger partial charge is 0.761 e. The standard InChI is InChI=1S/C11H16N3O3/c1-11(2,3)10-7(6-12)14(17)8(13-10)4-5-9(15)16/h8,17H,4-5H2,1-3H3,(H,15,16)/q-1. The Bertz CT molecular complexity index is 403. The van der Waals surface area contributed by atoms with Gasteiger partial charge in [-0.05, 0) is 0 Å². The molecule has 0 saturated carbocycles. The molecule has 0 aromatic carbocycles. The molecule has 6 heteroatoms. The lowest BCUT2D eigenvalue weighted by molar-refractivity contribution is -0.138. The van der Waals surface area contributed by atoms with Crippen molar-refractivity contribution in [1.29, 1.82) is 0 Å². The second-order valence-electron chi connectivity index (χ2n) is 4.95. The van der Waals surface area contributed by atoms with Crippen LogP contribution >= 0.6 is 0 Å². The number of carboxylic acids is 1. The van der Waals surface area contributed by atoms with E-state index in [9.17, 15) is 10.0 Å². The minimum atomic E-state index is -0.948. The number of aliphatic carboxylic acids is 1. The molecule has 94 valence electrons. The summed E-state index contributed by atoms with van der Waals surface area (Å²) in [6.45, 7) is 5.66. The molecule has 17 heavy (non-hydrogen) atoms. The number of hydroxylamine groups is 2. The van der Waals surface area contributed by atoms with Gasteiger partial charge in [0.1, 0.15) is 11.9 Å². The van der Waals surface area contributed by atoms with Crippen molar-refractivity contribution in [1.82, 2.24) is 5.06 Å². The Kier molecular flexibility index (Phi) is 3.70. The van der Waals surface area contributed by atoms with Gasteiger partial charge >= 0.3 is 5.97 Å². The summed E-state index contributed by atoms with van der Waals surface area (Å²) < 4.78 is 0. The van der Waals surface area contributed by atoms with Crippen molar-refractivity contribution in [3.8, 4) is 0 Å². The Morgan fingerprint density at radius 3 is 2.53 bits per heavy atom. The zero-order chi connectivity index (χ0) is 13.2. The highest BCUT2D eigenvalue weighted by Crippen LogP contribution is 2.30. The van der Waals surface area contributed by atoms with Crippen LogP contribution in [0.1, 0.15) is 33.6 Å². The maximum Gasteiger partial charge on any atom is 0.303 e. The van der Waals surface area contributed by atoms with Gasteiger partial charge < -0.3 is 10.5 Å². The summed E-state index contributed by atoms with van der Waals surface area (Å²) in [5, 5.41) is 28.1. The van der Waals surface area contributed by atoms with E-state index in [1.54, 1.807) is 0 Å². The summed E-state index contributed by atoms with van der Waals surface area (Å²) in [4.78, 5) is 14.7. The average molecular weight is 238 g/mol. The van der Waals surface area contributed by atoms with Crippen LogP contribution in [0.15, 0.2) is 10.7 Å². The molecule has 1 aliphatic heterocycles. The van der Waals surface area contributed by atoms with E-state index >= 15 is 0 Å². The number of nitrogens with zero attached hydrogens (tertiary/aromatic N) is 3. The molecule has 6 nitrogen and oxygen atoms in total. The number of rotatable bonds is 3. The molecule has 1 aliphatic rings. The minimum absolute atomic E-state index is 0.0959. The molecule has 0 fully saturated rings. The third-order valence-electron chi connectivity index (χ3n) is 2.45. The predicted molar refractivity (Wildman–Crippen MR) is 63.1 cm³/mol. The summed E-state index contributed by atoms with van der Waals surface area (Å²) in [5.41, 5.74) is 0.259. The number of allylic oxidation sites excluding steroid dienone is 1. The van der Waals surface area contributed by atoms with E-state index < -0.39 is 12.1 Å². The molecule has 1 heterocycles. The fourth-order valence-corrected chi connectivity index (χ4v) is 1.61. The summed E-state index contributed by atoms with van der Waals surface area (Å²) in [6.07, 6.45) is -0.590. The van der Waals surface area contributed by atoms with E-state index in [2.05, 4.69) is 4.99 Å². The first-order valence-electron chi connectivity index (χ1n) is 5.33. The van der Waals surface area contributed by atoms with Gasteiger partial charge in [0, 0.05) is 18.3 Å². The molecule has 0 bridgehead atoms. The van der Waals surface area contributed by atoms with Gasteiger partial charge in [-0.2, -0.15) is 0 Å². The summed E-state index contributed by atoms with van der Waals surface area (Å²) in [6, 6.07) is 0. The monoisotopic (exact) mass is 238 g/mol. The maximum atomic E-state index is 10.5. The number of carbonyl (C=O) groups is 1. The van der Waals surface area contributed by atoms with Crippen molar-refractivity contribution in [2.45, 2.75) is 39.8 Å². The molecular weight excluding hydrogens is 222 g/mol. The van der Waals surface area contributed by atoms with Crippen LogP contribution in [0.2, 0.25) is 0 Å². The van der Waals surface area contributed by atoms with Gasteiger partial charge in [0.05, 0.1) is 5.71 Å². The van der Waals surface area contributed by atoms with E-state index in [1.807, 2.05) is 26.6 Å². The number of hydrogen-bond acceptors (Lipinski definition) is 4. The lowest BCUT2D eigenvalue weighted by Gasteiger charge is -2.22. The topological polar surface area (TPSA) is 95.4 Å². The average Bonchev–Trinajstić information content (AvgIpc) is 2.51. The normalized spacial score (nSPS) is 20.2. The number of aliphatic imine (C=N–C) groups is 1. The molecule has 2 N–H and O–H groups in total. The van der Waals surface area contributed by atoms with Gasteiger partial charge in [-0.1, -0.05) is 20.8 Å². The third kappa shape index (κ3) is 2.93. The molecular formula is C11H16N3O3-. The summed E-state index contributed by atoms with van der Waals surface area (Å²) in [5.74, 6) is 0.954. The molecule has 0 radical (unpaired) electrons. The summed E-state index contributed by atoms with van der Waals surface area (Å²) in [7, 11) is 0. The van der Waals surface area contributed by atoms with Crippen molar-refractivity contribution in [2.24, 2.45) is 10.4 Å². The van der Waals surface area contributed by atoms with Crippen LogP contribution in [0, 0.1) is 5.41 Å². The highest BCUT2D eigenvalue weighted by molar-refractivity contribution is 6.10. The Balaban J connectivity index is 2.93. The Labute approximate surface area is 99.7 Å². The van der Waals surface area contributed by atoms with E-state index in [-0.39, 0.29) is 24.0 Å². The second-order valence-corrected chi connectivity index (χ2v) is 4.95. The fraction of sp³-hybridized carbons (Fsp3) is 0.636. The lowest BCUT2D eigenvalue weighted by Crippen LogP contribution is -2.29. The molecule has 0 aromatic heterocycles. The van der Waals surface area contributed by atoms with Crippen LogP contribution < -0.4 is 0 Å². The fourth-order valence-electron chi connectivity index (χ4n) is 1.61. The highest BCUT2D eigenvalue weighted by Gasteiger charge is 2.35. The van der Waals surface area contributed by atoms with Crippen LogP contribution in [0.4, 0.5) is 0 Å². The van der Waals surface area contributed by atoms with Crippen LogP contribution in [0.3, 0.4) is 0 Å². The van der Waals surface area contributed by atoms with Crippen LogP contribution in [-0.2, 0) is 4.79 Å². The second kappa shape index (κ2) is 4.69. The van der Waals surface area contributed by atoms with Gasteiger partial charge in [-0.25, -0.2) is 10.9 Å². The molecule has 1 atom stereocenters. The highest BCUT2D eigenvalue weighted by atomic mass is 16.5. The molecule has 0 aromatic rings. The zero-order valence-electron chi connectivity index (χ0n) is 10.1. The predicted octanol–water partition coefficient (Wildman–Crippen LogP) is 1.49. The quantitative estimate of drug-likeness (QED) is 0.728.